The quantitative estimate of drug-likeness (QED) is 0.715. The molecule has 0 aliphatic carbocycles. The lowest BCUT2D eigenvalue weighted by atomic mass is 9.95. The average molecular weight is 405 g/mol. The lowest BCUT2D eigenvalue weighted by Gasteiger charge is -2.33. The van der Waals surface area contributed by atoms with E-state index in [9.17, 15) is 18.0 Å². The van der Waals surface area contributed by atoms with Crippen LogP contribution in [0.4, 0.5) is 19.0 Å². The number of nitrogens with zero attached hydrogens (tertiary/aromatic N) is 5. The molecule has 7 nitrogen and oxygen atoms in total. The summed E-state index contributed by atoms with van der Waals surface area (Å²) < 4.78 is 40.6. The summed E-state index contributed by atoms with van der Waals surface area (Å²) in [6.07, 6.45) is 1.30. The highest BCUT2D eigenvalue weighted by Gasteiger charge is 2.31. The number of carboxylic acids is 1. The summed E-state index contributed by atoms with van der Waals surface area (Å²) in [7, 11) is 0. The predicted octanol–water partition coefficient (Wildman–Crippen LogP) is 3.50. The van der Waals surface area contributed by atoms with Gasteiger partial charge in [-0.2, -0.15) is 13.2 Å². The van der Waals surface area contributed by atoms with Crippen LogP contribution in [0, 0.1) is 5.92 Å². The second-order valence-electron chi connectivity index (χ2n) is 7.08. The van der Waals surface area contributed by atoms with Gasteiger partial charge in [-0.15, -0.1) is 0 Å². The van der Waals surface area contributed by atoms with Crippen molar-refractivity contribution in [1.82, 2.24) is 19.4 Å². The summed E-state index contributed by atoms with van der Waals surface area (Å²) in [4.78, 5) is 25.9. The molecule has 4 heterocycles. The second-order valence-corrected chi connectivity index (χ2v) is 7.08. The van der Waals surface area contributed by atoms with Gasteiger partial charge in [0.15, 0.2) is 5.82 Å². The summed E-state index contributed by atoms with van der Waals surface area (Å²) in [5, 5.41) is 9.04. The Morgan fingerprint density at radius 3 is 2.83 bits per heavy atom. The molecule has 0 amide bonds. The number of anilines is 1. The van der Waals surface area contributed by atoms with Crippen molar-refractivity contribution in [2.75, 3.05) is 18.0 Å². The third kappa shape index (κ3) is 4.01. The minimum absolute atomic E-state index is 0.0322. The Bertz CT molecular complexity index is 1050. The molecule has 1 unspecified atom stereocenters. The first kappa shape index (κ1) is 19.2. The number of aromatic nitrogens is 4. The van der Waals surface area contributed by atoms with Gasteiger partial charge in [-0.25, -0.2) is 15.0 Å². The van der Waals surface area contributed by atoms with E-state index in [1.54, 1.807) is 12.3 Å². The fourth-order valence-corrected chi connectivity index (χ4v) is 3.65. The lowest BCUT2D eigenvalue weighted by molar-refractivity contribution is -0.138. The molecule has 1 aliphatic rings. The molecule has 29 heavy (non-hydrogen) atoms. The number of halogens is 3. The van der Waals surface area contributed by atoms with Gasteiger partial charge in [-0.1, -0.05) is 0 Å². The van der Waals surface area contributed by atoms with Gasteiger partial charge in [-0.05, 0) is 37.0 Å². The second kappa shape index (κ2) is 7.34. The normalized spacial score (nSPS) is 17.6. The standard InChI is InChI=1S/C19H18F3N5O2/c20-19(21,22)13-3-4-15-24-9-14(27(15)11-13)18-23-6-5-16(25-18)26-7-1-2-12(10-26)8-17(28)29/h3-6,9,11-12H,1-2,7-8,10H2,(H,28,29). The number of piperidine rings is 1. The third-order valence-corrected chi connectivity index (χ3v) is 5.01. The van der Waals surface area contributed by atoms with Crippen LogP contribution in [0.2, 0.25) is 0 Å². The highest BCUT2D eigenvalue weighted by Crippen LogP contribution is 2.31. The zero-order chi connectivity index (χ0) is 20.6. The minimum atomic E-state index is -4.47. The molecule has 0 radical (unpaired) electrons. The van der Waals surface area contributed by atoms with Crippen molar-refractivity contribution >= 4 is 17.4 Å². The molecule has 1 aliphatic heterocycles. The summed E-state index contributed by atoms with van der Waals surface area (Å²) in [5.41, 5.74) is -0.0681. The fraction of sp³-hybridized carbons (Fsp3) is 0.368. The van der Waals surface area contributed by atoms with Crippen LogP contribution in [0.1, 0.15) is 24.8 Å². The van der Waals surface area contributed by atoms with Crippen LogP contribution in [0.5, 0.6) is 0 Å². The van der Waals surface area contributed by atoms with Crippen LogP contribution in [0.15, 0.2) is 36.8 Å². The fourth-order valence-electron chi connectivity index (χ4n) is 3.65. The van der Waals surface area contributed by atoms with Crippen LogP contribution >= 0.6 is 0 Å². The number of carbonyl (C=O) groups is 1. The van der Waals surface area contributed by atoms with E-state index in [0.29, 0.717) is 23.7 Å². The van der Waals surface area contributed by atoms with Gasteiger partial charge in [0, 0.05) is 31.9 Å². The molecule has 1 saturated heterocycles. The number of fused-ring (bicyclic) bond motifs is 1. The summed E-state index contributed by atoms with van der Waals surface area (Å²) in [6.45, 7) is 1.30. The van der Waals surface area contributed by atoms with Crippen molar-refractivity contribution < 1.29 is 23.1 Å². The maximum absolute atomic E-state index is 13.1. The molecule has 3 aromatic heterocycles. The molecule has 10 heteroatoms. The van der Waals surface area contributed by atoms with Gasteiger partial charge in [-0.3, -0.25) is 9.20 Å². The SMILES string of the molecule is O=C(O)CC1CCCN(c2ccnc(-c3cnc4ccc(C(F)(F)F)cn34)n2)C1. The number of carboxylic acid groups (broad SMARTS) is 1. The zero-order valence-electron chi connectivity index (χ0n) is 15.3. The number of rotatable bonds is 4. The first-order chi connectivity index (χ1) is 13.8. The molecule has 0 bridgehead atoms. The molecule has 1 N–H and O–H groups in total. The largest absolute Gasteiger partial charge is 0.481 e. The molecular weight excluding hydrogens is 387 g/mol. The van der Waals surface area contributed by atoms with E-state index in [1.807, 2.05) is 4.90 Å². The van der Waals surface area contributed by atoms with E-state index in [1.165, 1.54) is 16.7 Å². The summed E-state index contributed by atoms with van der Waals surface area (Å²) in [6, 6.07) is 4.01. The molecule has 0 spiro atoms. The Balaban J connectivity index is 1.66. The van der Waals surface area contributed by atoms with Gasteiger partial charge >= 0.3 is 12.1 Å². The first-order valence-corrected chi connectivity index (χ1v) is 9.16. The molecule has 1 atom stereocenters. The van der Waals surface area contributed by atoms with Crippen LogP contribution in [0.25, 0.3) is 17.2 Å². The van der Waals surface area contributed by atoms with Crippen LogP contribution in [0.3, 0.4) is 0 Å². The lowest BCUT2D eigenvalue weighted by Crippen LogP contribution is -2.36. The molecule has 4 rings (SSSR count). The van der Waals surface area contributed by atoms with Crippen molar-refractivity contribution in [3.05, 3.63) is 42.4 Å². The number of pyridine rings is 1. The van der Waals surface area contributed by atoms with E-state index in [4.69, 9.17) is 5.11 Å². The predicted molar refractivity (Wildman–Crippen MR) is 98.4 cm³/mol. The Morgan fingerprint density at radius 1 is 1.24 bits per heavy atom. The molecule has 0 saturated carbocycles. The van der Waals surface area contributed by atoms with Crippen molar-refractivity contribution in [1.29, 1.82) is 0 Å². The zero-order valence-corrected chi connectivity index (χ0v) is 15.3. The van der Waals surface area contributed by atoms with Crippen LogP contribution in [-0.2, 0) is 11.0 Å². The molecule has 3 aromatic rings. The third-order valence-electron chi connectivity index (χ3n) is 5.01. The van der Waals surface area contributed by atoms with Crippen molar-refractivity contribution in [2.45, 2.75) is 25.4 Å². The number of hydrogen-bond donors (Lipinski definition) is 1. The topological polar surface area (TPSA) is 83.6 Å². The van der Waals surface area contributed by atoms with E-state index >= 15 is 0 Å². The van der Waals surface area contributed by atoms with Crippen molar-refractivity contribution in [3.63, 3.8) is 0 Å². The number of hydrogen-bond acceptors (Lipinski definition) is 5. The van der Waals surface area contributed by atoms with Gasteiger partial charge in [0.2, 0.25) is 0 Å². The molecule has 1 fully saturated rings. The number of aliphatic carboxylic acids is 1. The Morgan fingerprint density at radius 2 is 2.07 bits per heavy atom. The van der Waals surface area contributed by atoms with E-state index < -0.39 is 17.7 Å². The van der Waals surface area contributed by atoms with Gasteiger partial charge in [0.1, 0.15) is 17.2 Å². The van der Waals surface area contributed by atoms with E-state index in [2.05, 4.69) is 15.0 Å². The molecule has 152 valence electrons. The monoisotopic (exact) mass is 405 g/mol. The van der Waals surface area contributed by atoms with Gasteiger partial charge in [0.05, 0.1) is 11.8 Å². The van der Waals surface area contributed by atoms with Crippen LogP contribution < -0.4 is 4.90 Å². The number of imidazole rings is 1. The van der Waals surface area contributed by atoms with Gasteiger partial charge in [0.25, 0.3) is 0 Å². The molecule has 0 aromatic carbocycles. The van der Waals surface area contributed by atoms with Crippen molar-refractivity contribution in [2.24, 2.45) is 5.92 Å². The highest BCUT2D eigenvalue weighted by molar-refractivity contribution is 5.67. The summed E-state index contributed by atoms with van der Waals surface area (Å²) in [5.74, 6) is 0.0814. The smallest absolute Gasteiger partial charge is 0.417 e. The average Bonchev–Trinajstić information content (AvgIpc) is 3.10. The maximum atomic E-state index is 13.1. The van der Waals surface area contributed by atoms with Crippen molar-refractivity contribution in [3.8, 4) is 11.5 Å². The first-order valence-electron chi connectivity index (χ1n) is 9.16. The van der Waals surface area contributed by atoms with Crippen LogP contribution in [-0.4, -0.2) is 43.5 Å². The maximum Gasteiger partial charge on any atom is 0.417 e. The Kier molecular flexibility index (Phi) is 4.85. The summed E-state index contributed by atoms with van der Waals surface area (Å²) >= 11 is 0. The van der Waals surface area contributed by atoms with E-state index in [-0.39, 0.29) is 18.2 Å². The number of alkyl halides is 3. The highest BCUT2D eigenvalue weighted by atomic mass is 19.4. The Labute approximate surface area is 163 Å². The van der Waals surface area contributed by atoms with E-state index in [0.717, 1.165) is 31.6 Å². The van der Waals surface area contributed by atoms with Gasteiger partial charge < -0.3 is 10.0 Å². The molecular formula is C19H18F3N5O2. The Hall–Kier alpha value is -3.17. The minimum Gasteiger partial charge on any atom is -0.481 e.